The van der Waals surface area contributed by atoms with Crippen LogP contribution in [0.15, 0.2) is 12.7 Å². The van der Waals surface area contributed by atoms with Crippen molar-refractivity contribution < 1.29 is 19.1 Å². The molecule has 0 aliphatic carbocycles. The van der Waals surface area contributed by atoms with Gasteiger partial charge in [-0.2, -0.15) is 0 Å². The number of ether oxygens (including phenoxy) is 1. The van der Waals surface area contributed by atoms with E-state index in [1.807, 2.05) is 21.0 Å². The van der Waals surface area contributed by atoms with Crippen LogP contribution in [-0.2, 0) is 9.53 Å². The number of esters is 1. The fourth-order valence-corrected chi connectivity index (χ4v) is 1.57. The van der Waals surface area contributed by atoms with E-state index in [0.717, 1.165) is 24.0 Å². The Hall–Kier alpha value is -0.870. The fraction of sp³-hybridized carbons (Fsp3) is 0.727. The Labute approximate surface area is 91.7 Å². The third-order valence-corrected chi connectivity index (χ3v) is 2.16. The number of hydrogen-bond acceptors (Lipinski definition) is 3. The normalized spacial score (nSPS) is 13.3. The van der Waals surface area contributed by atoms with E-state index in [4.69, 9.17) is 9.84 Å². The van der Waals surface area contributed by atoms with E-state index >= 15 is 0 Å². The molecule has 1 N–H and O–H groups in total. The van der Waals surface area contributed by atoms with Crippen molar-refractivity contribution in [3.05, 3.63) is 12.7 Å². The maximum Gasteiger partial charge on any atom is 0.330 e. The minimum atomic E-state index is -0.385. The zero-order chi connectivity index (χ0) is 11.9. The molecule has 0 fully saturated rings. The van der Waals surface area contributed by atoms with Gasteiger partial charge >= 0.3 is 5.97 Å². The van der Waals surface area contributed by atoms with E-state index in [9.17, 15) is 4.79 Å². The average Bonchev–Trinajstić information content (AvgIpc) is 2.13. The number of rotatable bonds is 7. The van der Waals surface area contributed by atoms with Gasteiger partial charge in [-0.25, -0.2) is 4.79 Å². The van der Waals surface area contributed by atoms with Crippen molar-refractivity contribution in [2.75, 3.05) is 33.8 Å². The summed E-state index contributed by atoms with van der Waals surface area (Å²) in [7, 11) is 4.10. The maximum absolute atomic E-state index is 10.9. The second kappa shape index (κ2) is 6.58. The molecule has 0 saturated carbocycles. The number of likely N-dealkylation sites (N-methyl/N-ethyl adjacent to an activating group) is 1. The first-order valence-electron chi connectivity index (χ1n) is 5.17. The lowest BCUT2D eigenvalue weighted by atomic mass is 10.3. The number of nitrogens with zero attached hydrogens (tertiary/aromatic N) is 1. The van der Waals surface area contributed by atoms with Gasteiger partial charge in [-0.15, -0.1) is 0 Å². The second-order valence-corrected chi connectivity index (χ2v) is 4.37. The fourth-order valence-electron chi connectivity index (χ4n) is 1.57. The molecule has 0 bridgehead atoms. The predicted molar refractivity (Wildman–Crippen MR) is 59.3 cm³/mol. The van der Waals surface area contributed by atoms with Crippen molar-refractivity contribution in [3.8, 4) is 0 Å². The first-order valence-corrected chi connectivity index (χ1v) is 5.17. The Morgan fingerprint density at radius 3 is 2.67 bits per heavy atom. The lowest BCUT2D eigenvalue weighted by molar-refractivity contribution is -0.893. The van der Waals surface area contributed by atoms with Crippen LogP contribution in [-0.4, -0.2) is 55.5 Å². The van der Waals surface area contributed by atoms with Crippen LogP contribution in [0.1, 0.15) is 13.3 Å². The van der Waals surface area contributed by atoms with Crippen molar-refractivity contribution in [3.63, 3.8) is 0 Å². The van der Waals surface area contributed by atoms with Gasteiger partial charge in [0.05, 0.1) is 20.6 Å². The number of aliphatic hydroxyl groups is 1. The minimum Gasteiger partial charge on any atom is -0.454 e. The first-order chi connectivity index (χ1) is 6.91. The topological polar surface area (TPSA) is 46.5 Å². The molecule has 0 spiro atoms. The van der Waals surface area contributed by atoms with Gasteiger partial charge in [-0.05, 0) is 6.92 Å². The highest BCUT2D eigenvalue weighted by atomic mass is 16.5. The summed E-state index contributed by atoms with van der Waals surface area (Å²) in [4.78, 5) is 10.9. The summed E-state index contributed by atoms with van der Waals surface area (Å²) < 4.78 is 5.81. The van der Waals surface area contributed by atoms with E-state index in [1.165, 1.54) is 6.08 Å². The van der Waals surface area contributed by atoms with Gasteiger partial charge < -0.3 is 14.3 Å². The van der Waals surface area contributed by atoms with E-state index in [2.05, 4.69) is 6.58 Å². The summed E-state index contributed by atoms with van der Waals surface area (Å²) >= 11 is 0. The number of hydrogen-bond donors (Lipinski definition) is 1. The second-order valence-electron chi connectivity index (χ2n) is 4.37. The molecule has 0 rings (SSSR count). The molecule has 0 aromatic carbocycles. The van der Waals surface area contributed by atoms with Crippen molar-refractivity contribution >= 4 is 5.97 Å². The standard InChI is InChI=1S/C11H22NO3/c1-5-11(14)15-10(2)9-12(3,4)7-6-8-13/h5,10,13H,1,6-9H2,2-4H3/q+1. The quantitative estimate of drug-likeness (QED) is 0.384. The SMILES string of the molecule is C=CC(=O)OC(C)C[N+](C)(C)CCCO. The van der Waals surface area contributed by atoms with Crippen LogP contribution in [0, 0.1) is 0 Å². The van der Waals surface area contributed by atoms with Gasteiger partial charge in [0.2, 0.25) is 0 Å². The minimum absolute atomic E-state index is 0.135. The molecule has 0 saturated heterocycles. The molecule has 0 heterocycles. The Bertz CT molecular complexity index is 214. The number of quaternary nitrogens is 1. The third kappa shape index (κ3) is 7.11. The summed E-state index contributed by atoms with van der Waals surface area (Å²) in [6, 6.07) is 0. The molecule has 0 amide bonds. The van der Waals surface area contributed by atoms with Crippen LogP contribution in [0.3, 0.4) is 0 Å². The molecule has 0 aromatic rings. The lowest BCUT2D eigenvalue weighted by Gasteiger charge is -2.31. The van der Waals surface area contributed by atoms with Crippen LogP contribution in [0.5, 0.6) is 0 Å². The number of aliphatic hydroxyl groups excluding tert-OH is 1. The molecular weight excluding hydrogens is 194 g/mol. The molecule has 0 aromatic heterocycles. The van der Waals surface area contributed by atoms with Gasteiger partial charge in [0.15, 0.2) is 0 Å². The Kier molecular flexibility index (Phi) is 6.20. The molecule has 15 heavy (non-hydrogen) atoms. The molecule has 88 valence electrons. The molecule has 4 nitrogen and oxygen atoms in total. The van der Waals surface area contributed by atoms with Crippen LogP contribution in [0.4, 0.5) is 0 Å². The summed E-state index contributed by atoms with van der Waals surface area (Å²) in [6.45, 7) is 7.01. The maximum atomic E-state index is 10.9. The largest absolute Gasteiger partial charge is 0.454 e. The monoisotopic (exact) mass is 216 g/mol. The lowest BCUT2D eigenvalue weighted by Crippen LogP contribution is -2.46. The number of carbonyl (C=O) groups is 1. The number of carbonyl (C=O) groups excluding carboxylic acids is 1. The highest BCUT2D eigenvalue weighted by Gasteiger charge is 2.20. The highest BCUT2D eigenvalue weighted by Crippen LogP contribution is 2.04. The van der Waals surface area contributed by atoms with E-state index in [0.29, 0.717) is 0 Å². The van der Waals surface area contributed by atoms with E-state index < -0.39 is 0 Å². The van der Waals surface area contributed by atoms with E-state index in [-0.39, 0.29) is 18.7 Å². The van der Waals surface area contributed by atoms with Crippen LogP contribution in [0.25, 0.3) is 0 Å². The van der Waals surface area contributed by atoms with Gasteiger partial charge in [0, 0.05) is 19.1 Å². The Morgan fingerprint density at radius 1 is 1.60 bits per heavy atom. The summed E-state index contributed by atoms with van der Waals surface area (Å²) in [5, 5.41) is 8.74. The van der Waals surface area contributed by atoms with Crippen LogP contribution >= 0.6 is 0 Å². The molecule has 0 aliphatic heterocycles. The summed E-state index contributed by atoms with van der Waals surface area (Å²) in [6.07, 6.45) is 1.79. The van der Waals surface area contributed by atoms with Crippen molar-refractivity contribution in [1.82, 2.24) is 0 Å². The zero-order valence-corrected chi connectivity index (χ0v) is 9.90. The van der Waals surface area contributed by atoms with Gasteiger partial charge in [-0.1, -0.05) is 6.58 Å². The molecule has 1 unspecified atom stereocenters. The summed E-state index contributed by atoms with van der Waals surface area (Å²) in [5.41, 5.74) is 0. The Balaban J connectivity index is 3.97. The smallest absolute Gasteiger partial charge is 0.330 e. The van der Waals surface area contributed by atoms with Gasteiger partial charge in [-0.3, -0.25) is 0 Å². The van der Waals surface area contributed by atoms with E-state index in [1.54, 1.807) is 0 Å². The van der Waals surface area contributed by atoms with Crippen LogP contribution < -0.4 is 0 Å². The van der Waals surface area contributed by atoms with Gasteiger partial charge in [0.1, 0.15) is 12.6 Å². The zero-order valence-electron chi connectivity index (χ0n) is 9.90. The molecule has 4 heteroatoms. The predicted octanol–water partition coefficient (Wildman–Crippen LogP) is 0.563. The van der Waals surface area contributed by atoms with Gasteiger partial charge in [0.25, 0.3) is 0 Å². The third-order valence-electron chi connectivity index (χ3n) is 2.16. The van der Waals surface area contributed by atoms with Crippen molar-refractivity contribution in [2.45, 2.75) is 19.4 Å². The average molecular weight is 216 g/mol. The highest BCUT2D eigenvalue weighted by molar-refractivity contribution is 5.81. The molecule has 0 radical (unpaired) electrons. The molecular formula is C11H22NO3+. The summed E-state index contributed by atoms with van der Waals surface area (Å²) in [5.74, 6) is -0.385. The van der Waals surface area contributed by atoms with Crippen LogP contribution in [0.2, 0.25) is 0 Å². The molecule has 0 aliphatic rings. The van der Waals surface area contributed by atoms with Crippen molar-refractivity contribution in [1.29, 1.82) is 0 Å². The first kappa shape index (κ1) is 14.1. The Morgan fingerprint density at radius 2 is 2.20 bits per heavy atom. The van der Waals surface area contributed by atoms with Crippen molar-refractivity contribution in [2.24, 2.45) is 0 Å². The molecule has 1 atom stereocenters.